The van der Waals surface area contributed by atoms with E-state index in [9.17, 15) is 4.79 Å². The Morgan fingerprint density at radius 2 is 2.37 bits per heavy atom. The number of pyridine rings is 1. The maximum atomic E-state index is 12.1. The van der Waals surface area contributed by atoms with Crippen LogP contribution in [0.2, 0.25) is 0 Å². The average molecular weight is 258 g/mol. The summed E-state index contributed by atoms with van der Waals surface area (Å²) in [4.78, 5) is 16.1. The summed E-state index contributed by atoms with van der Waals surface area (Å²) in [7, 11) is 0. The van der Waals surface area contributed by atoms with Crippen LogP contribution in [0.15, 0.2) is 18.5 Å². The molecule has 0 bridgehead atoms. The molecular formula is C15H18N2O2. The molecule has 1 amide bonds. The maximum absolute atomic E-state index is 12.1. The molecule has 4 nitrogen and oxygen atoms in total. The summed E-state index contributed by atoms with van der Waals surface area (Å²) in [5.41, 5.74) is 1.39. The molecule has 0 saturated heterocycles. The molecule has 2 rings (SSSR count). The fourth-order valence-electron chi connectivity index (χ4n) is 2.02. The van der Waals surface area contributed by atoms with Gasteiger partial charge in [-0.3, -0.25) is 9.78 Å². The summed E-state index contributed by atoms with van der Waals surface area (Å²) in [5.74, 6) is 5.17. The van der Waals surface area contributed by atoms with Gasteiger partial charge in [0.1, 0.15) is 6.61 Å². The van der Waals surface area contributed by atoms with Crippen molar-refractivity contribution in [3.05, 3.63) is 29.6 Å². The molecule has 2 N–H and O–H groups in total. The van der Waals surface area contributed by atoms with Crippen molar-refractivity contribution in [2.45, 2.75) is 26.2 Å². The van der Waals surface area contributed by atoms with Crippen molar-refractivity contribution < 1.29 is 9.90 Å². The number of nitrogens with zero attached hydrogens (tertiary/aromatic N) is 1. The second kappa shape index (κ2) is 5.85. The van der Waals surface area contributed by atoms with Crippen molar-refractivity contribution >= 4 is 5.91 Å². The Labute approximate surface area is 113 Å². The van der Waals surface area contributed by atoms with E-state index < -0.39 is 0 Å². The van der Waals surface area contributed by atoms with Crippen LogP contribution in [0.4, 0.5) is 0 Å². The largest absolute Gasteiger partial charge is 0.384 e. The molecule has 100 valence electrons. The van der Waals surface area contributed by atoms with Crippen LogP contribution in [0.25, 0.3) is 0 Å². The van der Waals surface area contributed by atoms with Gasteiger partial charge in [-0.2, -0.15) is 0 Å². The highest BCUT2D eigenvalue weighted by Gasteiger charge is 2.40. The minimum Gasteiger partial charge on any atom is -0.384 e. The number of carbonyl (C=O) groups is 1. The van der Waals surface area contributed by atoms with Gasteiger partial charge in [-0.25, -0.2) is 0 Å². The highest BCUT2D eigenvalue weighted by molar-refractivity contribution is 5.96. The number of hydrogen-bond acceptors (Lipinski definition) is 3. The Balaban J connectivity index is 2.06. The number of aliphatic hydroxyl groups excluding tert-OH is 1. The lowest BCUT2D eigenvalue weighted by Gasteiger charge is -2.13. The third-order valence-electron chi connectivity index (χ3n) is 3.70. The first-order valence-corrected chi connectivity index (χ1v) is 6.53. The molecule has 1 aromatic heterocycles. The Kier molecular flexibility index (Phi) is 4.18. The SMILES string of the molecule is CCC1(CNC(=O)c2ccncc2C#CCO)CC1. The van der Waals surface area contributed by atoms with Crippen molar-refractivity contribution in [3.63, 3.8) is 0 Å². The van der Waals surface area contributed by atoms with Crippen LogP contribution in [0, 0.1) is 17.3 Å². The molecule has 0 spiro atoms. The van der Waals surface area contributed by atoms with E-state index in [1.165, 1.54) is 12.8 Å². The number of hydrogen-bond donors (Lipinski definition) is 2. The van der Waals surface area contributed by atoms with Crippen molar-refractivity contribution in [2.24, 2.45) is 5.41 Å². The van der Waals surface area contributed by atoms with Crippen molar-refractivity contribution in [1.29, 1.82) is 0 Å². The van der Waals surface area contributed by atoms with Gasteiger partial charge in [0, 0.05) is 18.9 Å². The molecular weight excluding hydrogens is 240 g/mol. The first-order valence-electron chi connectivity index (χ1n) is 6.53. The number of nitrogens with one attached hydrogen (secondary N) is 1. The van der Waals surface area contributed by atoms with Gasteiger partial charge in [-0.1, -0.05) is 18.8 Å². The van der Waals surface area contributed by atoms with E-state index >= 15 is 0 Å². The summed E-state index contributed by atoms with van der Waals surface area (Å²) in [5, 5.41) is 11.7. The third-order valence-corrected chi connectivity index (χ3v) is 3.70. The minimum atomic E-state index is -0.227. The molecule has 1 aliphatic carbocycles. The zero-order valence-electron chi connectivity index (χ0n) is 11.1. The first-order chi connectivity index (χ1) is 9.21. The summed E-state index contributed by atoms with van der Waals surface area (Å²) >= 11 is 0. The fourth-order valence-corrected chi connectivity index (χ4v) is 2.02. The predicted octanol–water partition coefficient (Wildman–Crippen LogP) is 1.35. The molecule has 1 saturated carbocycles. The van der Waals surface area contributed by atoms with E-state index in [4.69, 9.17) is 5.11 Å². The van der Waals surface area contributed by atoms with E-state index in [0.717, 1.165) is 13.0 Å². The number of rotatable bonds is 4. The average Bonchev–Trinajstić information content (AvgIpc) is 3.23. The smallest absolute Gasteiger partial charge is 0.252 e. The van der Waals surface area contributed by atoms with Gasteiger partial charge in [0.05, 0.1) is 11.1 Å². The second-order valence-corrected chi connectivity index (χ2v) is 4.92. The summed E-state index contributed by atoms with van der Waals surface area (Å²) < 4.78 is 0. The molecule has 4 heteroatoms. The summed E-state index contributed by atoms with van der Waals surface area (Å²) in [6.07, 6.45) is 6.60. The van der Waals surface area contributed by atoms with Crippen LogP contribution >= 0.6 is 0 Å². The number of amides is 1. The molecule has 0 radical (unpaired) electrons. The summed E-state index contributed by atoms with van der Waals surface area (Å²) in [6.45, 7) is 2.65. The monoisotopic (exact) mass is 258 g/mol. The van der Waals surface area contributed by atoms with E-state index in [-0.39, 0.29) is 12.5 Å². The highest BCUT2D eigenvalue weighted by atomic mass is 16.2. The van der Waals surface area contributed by atoms with Gasteiger partial charge in [-0.15, -0.1) is 0 Å². The van der Waals surface area contributed by atoms with Crippen LogP contribution in [0.1, 0.15) is 42.1 Å². The van der Waals surface area contributed by atoms with Crippen LogP contribution in [-0.2, 0) is 0 Å². The van der Waals surface area contributed by atoms with Gasteiger partial charge < -0.3 is 10.4 Å². The Bertz CT molecular complexity index is 524. The Morgan fingerprint density at radius 3 is 3.00 bits per heavy atom. The molecule has 0 atom stereocenters. The Hall–Kier alpha value is -1.86. The fraction of sp³-hybridized carbons (Fsp3) is 0.467. The number of aromatic nitrogens is 1. The van der Waals surface area contributed by atoms with Crippen molar-refractivity contribution in [3.8, 4) is 11.8 Å². The van der Waals surface area contributed by atoms with Crippen LogP contribution in [0.3, 0.4) is 0 Å². The van der Waals surface area contributed by atoms with Crippen LogP contribution < -0.4 is 5.32 Å². The lowest BCUT2D eigenvalue weighted by molar-refractivity contribution is 0.0944. The molecule has 0 aromatic carbocycles. The zero-order chi connectivity index (χ0) is 13.7. The standard InChI is InChI=1S/C15H18N2O2/c1-2-15(6-7-15)11-17-14(19)13-5-8-16-10-12(13)4-3-9-18/h5,8,10,18H,2,6-7,9,11H2,1H3,(H,17,19). The molecule has 1 heterocycles. The maximum Gasteiger partial charge on any atom is 0.252 e. The van der Waals surface area contributed by atoms with Gasteiger partial charge in [0.15, 0.2) is 0 Å². The highest BCUT2D eigenvalue weighted by Crippen LogP contribution is 2.47. The predicted molar refractivity (Wildman–Crippen MR) is 72.5 cm³/mol. The third kappa shape index (κ3) is 3.33. The number of aliphatic hydroxyl groups is 1. The lowest BCUT2D eigenvalue weighted by Crippen LogP contribution is -2.30. The van der Waals surface area contributed by atoms with E-state index in [1.54, 1.807) is 18.5 Å². The second-order valence-electron chi connectivity index (χ2n) is 4.92. The first kappa shape index (κ1) is 13.6. The van der Waals surface area contributed by atoms with E-state index in [0.29, 0.717) is 16.5 Å². The van der Waals surface area contributed by atoms with Gasteiger partial charge in [0.2, 0.25) is 0 Å². The van der Waals surface area contributed by atoms with E-state index in [2.05, 4.69) is 29.1 Å². The molecule has 0 unspecified atom stereocenters. The van der Waals surface area contributed by atoms with Crippen LogP contribution in [-0.4, -0.2) is 29.1 Å². The topological polar surface area (TPSA) is 62.2 Å². The molecule has 1 aliphatic rings. The molecule has 1 fully saturated rings. The Morgan fingerprint density at radius 1 is 1.58 bits per heavy atom. The summed E-state index contributed by atoms with van der Waals surface area (Å²) in [6, 6.07) is 1.65. The minimum absolute atomic E-state index is 0.121. The van der Waals surface area contributed by atoms with Crippen LogP contribution in [0.5, 0.6) is 0 Å². The zero-order valence-corrected chi connectivity index (χ0v) is 11.1. The van der Waals surface area contributed by atoms with Crippen molar-refractivity contribution in [1.82, 2.24) is 10.3 Å². The molecule has 0 aliphatic heterocycles. The van der Waals surface area contributed by atoms with E-state index in [1.807, 2.05) is 0 Å². The molecule has 19 heavy (non-hydrogen) atoms. The lowest BCUT2D eigenvalue weighted by atomic mass is 10.0. The van der Waals surface area contributed by atoms with Crippen molar-refractivity contribution in [2.75, 3.05) is 13.2 Å². The number of carbonyl (C=O) groups excluding carboxylic acids is 1. The quantitative estimate of drug-likeness (QED) is 0.801. The molecule has 1 aromatic rings. The normalized spacial score (nSPS) is 15.3. The van der Waals surface area contributed by atoms with Gasteiger partial charge >= 0.3 is 0 Å². The van der Waals surface area contributed by atoms with Gasteiger partial charge in [-0.05, 0) is 30.7 Å². The van der Waals surface area contributed by atoms with Gasteiger partial charge in [0.25, 0.3) is 5.91 Å².